The largest absolute Gasteiger partial charge is 0.508 e. The molecule has 6 nitrogen and oxygen atoms in total. The number of hydrogen-bond acceptors (Lipinski definition) is 4. The zero-order valence-electron chi connectivity index (χ0n) is 12.1. The lowest BCUT2D eigenvalue weighted by molar-refractivity contribution is -0.131. The van der Waals surface area contributed by atoms with Crippen LogP contribution in [0, 0.1) is 0 Å². The molecule has 0 saturated carbocycles. The molecule has 0 spiro atoms. The fraction of sp³-hybridized carbons (Fsp3) is 0.467. The van der Waals surface area contributed by atoms with Crippen LogP contribution in [0.4, 0.5) is 0 Å². The standard InChI is InChI=1S/C15H21N3O3/c1-10(19)17-12-6-7-18(9-12)15(21)14(16)8-11-2-4-13(20)5-3-11/h2-5,12,14,20H,6-9,16H2,1H3,(H,17,19)/t12?,14-/m1/s1. The fourth-order valence-electron chi connectivity index (χ4n) is 2.57. The molecule has 2 atom stereocenters. The molecule has 1 heterocycles. The highest BCUT2D eigenvalue weighted by Gasteiger charge is 2.29. The van der Waals surface area contributed by atoms with Gasteiger partial charge in [-0.25, -0.2) is 0 Å². The number of aromatic hydroxyl groups is 1. The van der Waals surface area contributed by atoms with Gasteiger partial charge in [-0.15, -0.1) is 0 Å². The number of nitrogens with one attached hydrogen (secondary N) is 1. The molecule has 0 bridgehead atoms. The normalized spacial score (nSPS) is 19.3. The van der Waals surface area contributed by atoms with Crippen LogP contribution < -0.4 is 11.1 Å². The quantitative estimate of drug-likeness (QED) is 0.727. The van der Waals surface area contributed by atoms with Gasteiger partial charge in [0.25, 0.3) is 0 Å². The van der Waals surface area contributed by atoms with Gasteiger partial charge in [0, 0.05) is 26.1 Å². The molecule has 1 aliphatic rings. The third-order valence-corrected chi connectivity index (χ3v) is 3.62. The number of carbonyl (C=O) groups excluding carboxylic acids is 2. The number of benzene rings is 1. The second-order valence-electron chi connectivity index (χ2n) is 5.45. The summed E-state index contributed by atoms with van der Waals surface area (Å²) < 4.78 is 0. The molecule has 2 rings (SSSR count). The highest BCUT2D eigenvalue weighted by Crippen LogP contribution is 2.14. The predicted molar refractivity (Wildman–Crippen MR) is 78.6 cm³/mol. The van der Waals surface area contributed by atoms with Crippen molar-refractivity contribution in [3.05, 3.63) is 29.8 Å². The first-order valence-electron chi connectivity index (χ1n) is 7.05. The lowest BCUT2D eigenvalue weighted by Crippen LogP contribution is -2.45. The topological polar surface area (TPSA) is 95.7 Å². The Bertz CT molecular complexity index is 515. The number of amides is 2. The third-order valence-electron chi connectivity index (χ3n) is 3.62. The van der Waals surface area contributed by atoms with Gasteiger partial charge in [0.1, 0.15) is 5.75 Å². The number of nitrogens with two attached hydrogens (primary N) is 1. The van der Waals surface area contributed by atoms with E-state index in [-0.39, 0.29) is 23.6 Å². The molecule has 4 N–H and O–H groups in total. The minimum atomic E-state index is -0.606. The van der Waals surface area contributed by atoms with Crippen molar-refractivity contribution in [3.8, 4) is 5.75 Å². The van der Waals surface area contributed by atoms with E-state index in [0.29, 0.717) is 19.5 Å². The smallest absolute Gasteiger partial charge is 0.239 e. The van der Waals surface area contributed by atoms with Crippen LogP contribution in [0.5, 0.6) is 5.75 Å². The second-order valence-corrected chi connectivity index (χ2v) is 5.45. The number of likely N-dealkylation sites (tertiary alicyclic amines) is 1. The first kappa shape index (κ1) is 15.3. The van der Waals surface area contributed by atoms with Gasteiger partial charge in [0.05, 0.1) is 6.04 Å². The van der Waals surface area contributed by atoms with Gasteiger partial charge < -0.3 is 21.1 Å². The molecule has 0 radical (unpaired) electrons. The Morgan fingerprint density at radius 3 is 2.71 bits per heavy atom. The Morgan fingerprint density at radius 2 is 2.10 bits per heavy atom. The Balaban J connectivity index is 1.88. The van der Waals surface area contributed by atoms with E-state index in [4.69, 9.17) is 5.73 Å². The lowest BCUT2D eigenvalue weighted by Gasteiger charge is -2.21. The van der Waals surface area contributed by atoms with Crippen molar-refractivity contribution in [2.45, 2.75) is 31.8 Å². The zero-order chi connectivity index (χ0) is 15.4. The van der Waals surface area contributed by atoms with E-state index in [2.05, 4.69) is 5.32 Å². The van der Waals surface area contributed by atoms with Crippen LogP contribution in [0.2, 0.25) is 0 Å². The molecule has 0 aromatic heterocycles. The van der Waals surface area contributed by atoms with Crippen molar-refractivity contribution in [1.29, 1.82) is 0 Å². The maximum atomic E-state index is 12.3. The van der Waals surface area contributed by atoms with E-state index < -0.39 is 6.04 Å². The van der Waals surface area contributed by atoms with Gasteiger partial charge in [-0.1, -0.05) is 12.1 Å². The first-order valence-corrected chi connectivity index (χ1v) is 7.05. The first-order chi connectivity index (χ1) is 9.95. The second kappa shape index (κ2) is 6.58. The number of phenols is 1. The summed E-state index contributed by atoms with van der Waals surface area (Å²) >= 11 is 0. The van der Waals surface area contributed by atoms with Crippen LogP contribution in [0.25, 0.3) is 0 Å². The molecule has 1 aliphatic heterocycles. The van der Waals surface area contributed by atoms with Crippen molar-refractivity contribution in [2.75, 3.05) is 13.1 Å². The van der Waals surface area contributed by atoms with Crippen molar-refractivity contribution in [1.82, 2.24) is 10.2 Å². The van der Waals surface area contributed by atoms with E-state index in [1.807, 2.05) is 0 Å². The van der Waals surface area contributed by atoms with Gasteiger partial charge >= 0.3 is 0 Å². The molecular weight excluding hydrogens is 270 g/mol. The van der Waals surface area contributed by atoms with E-state index >= 15 is 0 Å². The van der Waals surface area contributed by atoms with E-state index in [9.17, 15) is 14.7 Å². The van der Waals surface area contributed by atoms with Crippen molar-refractivity contribution >= 4 is 11.8 Å². The third kappa shape index (κ3) is 4.19. The Kier molecular flexibility index (Phi) is 4.80. The number of nitrogens with zero attached hydrogens (tertiary/aromatic N) is 1. The fourth-order valence-corrected chi connectivity index (χ4v) is 2.57. The Labute approximate surface area is 123 Å². The molecule has 1 fully saturated rings. The van der Waals surface area contributed by atoms with Gasteiger partial charge in [-0.2, -0.15) is 0 Å². The molecule has 1 aromatic carbocycles. The van der Waals surface area contributed by atoms with Crippen LogP contribution in [-0.4, -0.2) is 47.0 Å². The van der Waals surface area contributed by atoms with Gasteiger partial charge in [-0.3, -0.25) is 9.59 Å². The summed E-state index contributed by atoms with van der Waals surface area (Å²) in [6, 6.07) is 6.08. The minimum Gasteiger partial charge on any atom is -0.508 e. The van der Waals surface area contributed by atoms with E-state index in [0.717, 1.165) is 12.0 Å². The van der Waals surface area contributed by atoms with Crippen molar-refractivity contribution < 1.29 is 14.7 Å². The molecular formula is C15H21N3O3. The Hall–Kier alpha value is -2.08. The van der Waals surface area contributed by atoms with Crippen LogP contribution in [-0.2, 0) is 16.0 Å². The summed E-state index contributed by atoms with van der Waals surface area (Å²) in [6.07, 6.45) is 1.19. The van der Waals surface area contributed by atoms with Gasteiger partial charge in [0.2, 0.25) is 11.8 Å². The highest BCUT2D eigenvalue weighted by atomic mass is 16.3. The summed E-state index contributed by atoms with van der Waals surface area (Å²) in [5.74, 6) is 0.00922. The van der Waals surface area contributed by atoms with Gasteiger partial charge in [0.15, 0.2) is 0 Å². The van der Waals surface area contributed by atoms with E-state index in [1.165, 1.54) is 6.92 Å². The number of carbonyl (C=O) groups is 2. The minimum absolute atomic E-state index is 0.0207. The summed E-state index contributed by atoms with van der Waals surface area (Å²) in [5.41, 5.74) is 6.88. The molecule has 21 heavy (non-hydrogen) atoms. The number of rotatable bonds is 4. The predicted octanol–water partition coefficient (Wildman–Crippen LogP) is -0.001000. The summed E-state index contributed by atoms with van der Waals surface area (Å²) in [4.78, 5) is 25.0. The summed E-state index contributed by atoms with van der Waals surface area (Å²) in [6.45, 7) is 2.61. The number of phenolic OH excluding ortho intramolecular Hbond substituents is 1. The van der Waals surface area contributed by atoms with Gasteiger partial charge in [-0.05, 0) is 30.5 Å². The van der Waals surface area contributed by atoms with Crippen LogP contribution in [0.3, 0.4) is 0 Å². The summed E-state index contributed by atoms with van der Waals surface area (Å²) in [5, 5.41) is 12.1. The molecule has 0 aliphatic carbocycles. The van der Waals surface area contributed by atoms with Crippen molar-refractivity contribution in [3.63, 3.8) is 0 Å². The van der Waals surface area contributed by atoms with Crippen LogP contribution in [0.15, 0.2) is 24.3 Å². The van der Waals surface area contributed by atoms with Crippen LogP contribution >= 0.6 is 0 Å². The monoisotopic (exact) mass is 291 g/mol. The van der Waals surface area contributed by atoms with Crippen LogP contribution in [0.1, 0.15) is 18.9 Å². The highest BCUT2D eigenvalue weighted by molar-refractivity contribution is 5.82. The number of hydrogen-bond donors (Lipinski definition) is 3. The molecule has 114 valence electrons. The lowest BCUT2D eigenvalue weighted by atomic mass is 10.1. The molecule has 1 aromatic rings. The molecule has 6 heteroatoms. The molecule has 1 saturated heterocycles. The average molecular weight is 291 g/mol. The average Bonchev–Trinajstić information content (AvgIpc) is 2.88. The molecule has 2 amide bonds. The van der Waals surface area contributed by atoms with E-state index in [1.54, 1.807) is 29.2 Å². The van der Waals surface area contributed by atoms with Crippen molar-refractivity contribution in [2.24, 2.45) is 5.73 Å². The SMILES string of the molecule is CC(=O)NC1CCN(C(=O)[C@H](N)Cc2ccc(O)cc2)C1. The maximum absolute atomic E-state index is 12.3. The maximum Gasteiger partial charge on any atom is 0.239 e. The zero-order valence-corrected chi connectivity index (χ0v) is 12.1. The Morgan fingerprint density at radius 1 is 1.43 bits per heavy atom. The summed E-state index contributed by atoms with van der Waals surface area (Å²) in [7, 11) is 0. The molecule has 1 unspecified atom stereocenters.